The first-order valence-electron chi connectivity index (χ1n) is 3.93. The Morgan fingerprint density at radius 2 is 2.15 bits per heavy atom. The molecule has 0 bridgehead atoms. The molecule has 0 unspecified atom stereocenters. The lowest BCUT2D eigenvalue weighted by Crippen LogP contribution is -1.90. The van der Waals surface area contributed by atoms with E-state index >= 15 is 0 Å². The van der Waals surface area contributed by atoms with Gasteiger partial charge in [0, 0.05) is 24.3 Å². The van der Waals surface area contributed by atoms with Crippen LogP contribution in [0.25, 0.3) is 10.9 Å². The van der Waals surface area contributed by atoms with Crippen LogP contribution in [0, 0.1) is 0 Å². The second-order valence-electron chi connectivity index (χ2n) is 2.97. The highest BCUT2D eigenvalue weighted by atomic mass is 35.5. The van der Waals surface area contributed by atoms with E-state index in [0.29, 0.717) is 5.56 Å². The number of nitrogens with zero attached hydrogens (tertiary/aromatic N) is 1. The van der Waals surface area contributed by atoms with Crippen molar-refractivity contribution in [1.29, 1.82) is 0 Å². The first-order valence-corrected chi connectivity index (χ1v) is 4.31. The van der Waals surface area contributed by atoms with Gasteiger partial charge in [-0.1, -0.05) is 6.07 Å². The van der Waals surface area contributed by atoms with Gasteiger partial charge in [0.2, 0.25) is 0 Å². The number of benzene rings is 1. The molecule has 2 nitrogen and oxygen atoms in total. The zero-order chi connectivity index (χ0) is 9.42. The summed E-state index contributed by atoms with van der Waals surface area (Å²) in [5, 5.41) is 0.701. The number of rotatable bonds is 1. The van der Waals surface area contributed by atoms with Gasteiger partial charge < -0.3 is 4.57 Å². The number of carbonyl (C=O) groups excluding carboxylic acids is 1. The minimum atomic E-state index is -0.414. The molecule has 1 aromatic heterocycles. The van der Waals surface area contributed by atoms with Gasteiger partial charge in [0.1, 0.15) is 0 Å². The van der Waals surface area contributed by atoms with Crippen LogP contribution in [0.15, 0.2) is 30.5 Å². The van der Waals surface area contributed by atoms with Crippen LogP contribution in [0.2, 0.25) is 0 Å². The molecule has 1 aromatic carbocycles. The van der Waals surface area contributed by atoms with E-state index in [1.165, 1.54) is 0 Å². The van der Waals surface area contributed by atoms with Gasteiger partial charge >= 0.3 is 0 Å². The zero-order valence-electron chi connectivity index (χ0n) is 7.12. The Bertz CT molecular complexity index is 473. The predicted octanol–water partition coefficient (Wildman–Crippen LogP) is 2.56. The molecule has 1 heterocycles. The molecule has 0 aliphatic rings. The smallest absolute Gasteiger partial charge is 0.252 e. The minimum Gasteiger partial charge on any atom is -0.351 e. The fraction of sp³-hybridized carbons (Fsp3) is 0.100. The number of aromatic nitrogens is 1. The second-order valence-corrected chi connectivity index (χ2v) is 3.32. The van der Waals surface area contributed by atoms with Gasteiger partial charge in [-0.2, -0.15) is 0 Å². The van der Waals surface area contributed by atoms with Crippen LogP contribution in [0.1, 0.15) is 10.4 Å². The Labute approximate surface area is 80.7 Å². The summed E-state index contributed by atoms with van der Waals surface area (Å²) < 4.78 is 1.96. The van der Waals surface area contributed by atoms with Crippen molar-refractivity contribution in [3.63, 3.8) is 0 Å². The molecule has 0 aliphatic carbocycles. The van der Waals surface area contributed by atoms with Gasteiger partial charge in [-0.3, -0.25) is 4.79 Å². The van der Waals surface area contributed by atoms with Crippen molar-refractivity contribution in [2.45, 2.75) is 0 Å². The molecule has 3 heteroatoms. The summed E-state index contributed by atoms with van der Waals surface area (Å²) in [4.78, 5) is 10.9. The molecule has 0 atom stereocenters. The summed E-state index contributed by atoms with van der Waals surface area (Å²) >= 11 is 5.37. The quantitative estimate of drug-likeness (QED) is 0.638. The average Bonchev–Trinajstić information content (AvgIpc) is 2.47. The first kappa shape index (κ1) is 8.32. The Balaban J connectivity index is 2.72. The first-order chi connectivity index (χ1) is 6.18. The van der Waals surface area contributed by atoms with Crippen molar-refractivity contribution in [3.8, 4) is 0 Å². The Hall–Kier alpha value is -1.28. The third-order valence-corrected chi connectivity index (χ3v) is 2.33. The SMILES string of the molecule is Cn1ccc2ccc(C(=O)Cl)cc21. The lowest BCUT2D eigenvalue weighted by Gasteiger charge is -1.97. The average molecular weight is 194 g/mol. The molecule has 0 saturated heterocycles. The molecule has 0 spiro atoms. The van der Waals surface area contributed by atoms with E-state index in [4.69, 9.17) is 11.6 Å². The Morgan fingerprint density at radius 3 is 2.85 bits per heavy atom. The van der Waals surface area contributed by atoms with Gasteiger partial charge in [0.15, 0.2) is 0 Å². The van der Waals surface area contributed by atoms with Gasteiger partial charge in [0.25, 0.3) is 5.24 Å². The second kappa shape index (κ2) is 2.89. The summed E-state index contributed by atoms with van der Waals surface area (Å²) in [6.07, 6.45) is 1.95. The maximum atomic E-state index is 10.9. The highest BCUT2D eigenvalue weighted by Gasteiger charge is 2.04. The zero-order valence-corrected chi connectivity index (χ0v) is 7.88. The summed E-state index contributed by atoms with van der Waals surface area (Å²) in [5.41, 5.74) is 1.56. The summed E-state index contributed by atoms with van der Waals surface area (Å²) in [5.74, 6) is 0. The number of hydrogen-bond donors (Lipinski definition) is 0. The maximum Gasteiger partial charge on any atom is 0.252 e. The fourth-order valence-corrected chi connectivity index (χ4v) is 1.50. The maximum absolute atomic E-state index is 10.9. The van der Waals surface area contributed by atoms with E-state index in [2.05, 4.69) is 0 Å². The Morgan fingerprint density at radius 1 is 1.38 bits per heavy atom. The van der Waals surface area contributed by atoms with Crippen LogP contribution in [-0.4, -0.2) is 9.81 Å². The normalized spacial score (nSPS) is 10.6. The molecule has 13 heavy (non-hydrogen) atoms. The largest absolute Gasteiger partial charge is 0.351 e. The summed E-state index contributed by atoms with van der Waals surface area (Å²) in [7, 11) is 1.94. The van der Waals surface area contributed by atoms with Crippen molar-refractivity contribution >= 4 is 27.7 Å². The van der Waals surface area contributed by atoms with Gasteiger partial charge in [-0.05, 0) is 35.2 Å². The fourth-order valence-electron chi connectivity index (χ4n) is 1.38. The molecule has 2 aromatic rings. The third-order valence-electron chi connectivity index (χ3n) is 2.12. The van der Waals surface area contributed by atoms with Crippen molar-refractivity contribution in [2.24, 2.45) is 7.05 Å². The lowest BCUT2D eigenvalue weighted by atomic mass is 10.2. The van der Waals surface area contributed by atoms with Crippen LogP contribution in [0.3, 0.4) is 0 Å². The van der Waals surface area contributed by atoms with Gasteiger partial charge in [-0.15, -0.1) is 0 Å². The molecular weight excluding hydrogens is 186 g/mol. The van der Waals surface area contributed by atoms with E-state index in [-0.39, 0.29) is 0 Å². The predicted molar refractivity (Wildman–Crippen MR) is 53.1 cm³/mol. The van der Waals surface area contributed by atoms with Crippen LogP contribution in [0.4, 0.5) is 0 Å². The van der Waals surface area contributed by atoms with Crippen LogP contribution < -0.4 is 0 Å². The van der Waals surface area contributed by atoms with E-state index in [0.717, 1.165) is 10.9 Å². The molecule has 0 fully saturated rings. The standard InChI is InChI=1S/C10H8ClNO/c1-12-5-4-7-2-3-8(10(11)13)6-9(7)12/h2-6H,1H3. The lowest BCUT2D eigenvalue weighted by molar-refractivity contribution is 0.108. The molecule has 0 saturated carbocycles. The number of aryl methyl sites for hydroxylation is 1. The summed E-state index contributed by atoms with van der Waals surface area (Å²) in [6, 6.07) is 7.42. The molecule has 0 aliphatic heterocycles. The third kappa shape index (κ3) is 1.33. The van der Waals surface area contributed by atoms with Gasteiger partial charge in [0.05, 0.1) is 0 Å². The Kier molecular flexibility index (Phi) is 1.85. The molecule has 0 amide bonds. The van der Waals surface area contributed by atoms with E-state index in [1.54, 1.807) is 12.1 Å². The molecule has 0 radical (unpaired) electrons. The number of carbonyl (C=O) groups is 1. The van der Waals surface area contributed by atoms with Gasteiger partial charge in [-0.25, -0.2) is 0 Å². The number of halogens is 1. The minimum absolute atomic E-state index is 0.414. The van der Waals surface area contributed by atoms with E-state index < -0.39 is 5.24 Å². The molecule has 66 valence electrons. The van der Waals surface area contributed by atoms with Crippen molar-refractivity contribution in [3.05, 3.63) is 36.0 Å². The van der Waals surface area contributed by atoms with Crippen molar-refractivity contribution < 1.29 is 4.79 Å². The van der Waals surface area contributed by atoms with Crippen LogP contribution in [0.5, 0.6) is 0 Å². The number of fused-ring (bicyclic) bond motifs is 1. The molecule has 0 N–H and O–H groups in total. The van der Waals surface area contributed by atoms with E-state index in [9.17, 15) is 4.79 Å². The van der Waals surface area contributed by atoms with Crippen molar-refractivity contribution in [1.82, 2.24) is 4.57 Å². The number of hydrogen-bond acceptors (Lipinski definition) is 1. The summed E-state index contributed by atoms with van der Waals surface area (Å²) in [6.45, 7) is 0. The van der Waals surface area contributed by atoms with E-state index in [1.807, 2.05) is 29.9 Å². The van der Waals surface area contributed by atoms with Crippen LogP contribution >= 0.6 is 11.6 Å². The monoisotopic (exact) mass is 193 g/mol. The highest BCUT2D eigenvalue weighted by molar-refractivity contribution is 6.67. The molecule has 2 rings (SSSR count). The highest BCUT2D eigenvalue weighted by Crippen LogP contribution is 2.17. The van der Waals surface area contributed by atoms with Crippen molar-refractivity contribution in [2.75, 3.05) is 0 Å². The topological polar surface area (TPSA) is 22.0 Å². The molecular formula is C10H8ClNO. The van der Waals surface area contributed by atoms with Crippen LogP contribution in [-0.2, 0) is 7.05 Å².